The molecule has 4 atom stereocenters. The molecule has 0 spiro atoms. The molecule has 0 heterocycles. The number of rotatable bonds is 9. The van der Waals surface area contributed by atoms with Crippen molar-refractivity contribution in [3.8, 4) is 0 Å². The molecule has 2 N–H and O–H groups in total. The van der Waals surface area contributed by atoms with Crippen molar-refractivity contribution in [1.29, 1.82) is 0 Å². The lowest BCUT2D eigenvalue weighted by Gasteiger charge is -2.22. The molecule has 0 radical (unpaired) electrons. The first kappa shape index (κ1) is 20.3. The molecule has 0 saturated carbocycles. The topological polar surface area (TPSA) is 66.8 Å². The van der Waals surface area contributed by atoms with E-state index in [1.54, 1.807) is 12.1 Å². The first-order valence-corrected chi connectivity index (χ1v) is 10.3. The minimum atomic E-state index is -1.37. The van der Waals surface area contributed by atoms with Crippen LogP contribution in [-0.4, -0.2) is 43.8 Å². The molecule has 136 valence electrons. The third-order valence-corrected chi connectivity index (χ3v) is 6.01. The van der Waals surface area contributed by atoms with Crippen molar-refractivity contribution >= 4 is 26.7 Å². The van der Waals surface area contributed by atoms with Crippen LogP contribution in [0.15, 0.2) is 59.5 Å². The molecule has 0 aliphatic carbocycles. The van der Waals surface area contributed by atoms with Gasteiger partial charge in [-0.15, -0.1) is 0 Å². The number of benzene rings is 2. The van der Waals surface area contributed by atoms with Gasteiger partial charge in [0.25, 0.3) is 0 Å². The molecule has 2 rings (SSSR count). The summed E-state index contributed by atoms with van der Waals surface area (Å²) in [5, 5.41) is 20.4. The number of aliphatic hydroxyl groups is 2. The van der Waals surface area contributed by atoms with Gasteiger partial charge in [0.15, 0.2) is 0 Å². The van der Waals surface area contributed by atoms with E-state index in [9.17, 15) is 14.4 Å². The van der Waals surface area contributed by atoms with Crippen molar-refractivity contribution in [2.24, 2.45) is 0 Å². The highest BCUT2D eigenvalue weighted by molar-refractivity contribution is 9.09. The molecular formula is C19H23BrO4S. The SMILES string of the molecule is Cc1ccc(S(=O)C[C@@H](O)[C@@H](O)[C@@H](Br)COCc2ccccc2)cc1. The second-order valence-electron chi connectivity index (χ2n) is 5.90. The second kappa shape index (κ2) is 10.2. The maximum absolute atomic E-state index is 12.3. The summed E-state index contributed by atoms with van der Waals surface area (Å²) in [5.41, 5.74) is 2.12. The molecule has 25 heavy (non-hydrogen) atoms. The Hall–Kier alpha value is -1.05. The molecule has 1 unspecified atom stereocenters. The average molecular weight is 427 g/mol. The standard InChI is InChI=1S/C19H23BrO4S/c1-14-7-9-16(10-8-14)25(23)13-18(21)19(22)17(20)12-24-11-15-5-3-2-4-6-15/h2-10,17-19,21-22H,11-13H2,1H3/t17-,18+,19-,25?/m0/s1. The Morgan fingerprint density at radius 3 is 2.36 bits per heavy atom. The van der Waals surface area contributed by atoms with Gasteiger partial charge in [0.05, 0.1) is 46.8 Å². The summed E-state index contributed by atoms with van der Waals surface area (Å²) in [4.78, 5) is 0.199. The van der Waals surface area contributed by atoms with Gasteiger partial charge in [0.2, 0.25) is 0 Å². The number of alkyl halides is 1. The van der Waals surface area contributed by atoms with Crippen LogP contribution >= 0.6 is 15.9 Å². The fraction of sp³-hybridized carbons (Fsp3) is 0.368. The highest BCUT2D eigenvalue weighted by atomic mass is 79.9. The first-order valence-electron chi connectivity index (χ1n) is 8.04. The zero-order chi connectivity index (χ0) is 18.2. The summed E-state index contributed by atoms with van der Waals surface area (Å²) < 4.78 is 17.8. The normalized spacial score (nSPS) is 16.2. The molecule has 2 aromatic carbocycles. The molecule has 2 aromatic rings. The number of aryl methyl sites for hydroxylation is 1. The zero-order valence-corrected chi connectivity index (χ0v) is 16.4. The Morgan fingerprint density at radius 1 is 1.08 bits per heavy atom. The van der Waals surface area contributed by atoms with Gasteiger partial charge in [-0.3, -0.25) is 4.21 Å². The van der Waals surface area contributed by atoms with Gasteiger partial charge in [-0.1, -0.05) is 64.0 Å². The van der Waals surface area contributed by atoms with Crippen molar-refractivity contribution in [1.82, 2.24) is 0 Å². The fourth-order valence-electron chi connectivity index (χ4n) is 2.24. The van der Waals surface area contributed by atoms with Gasteiger partial charge in [0, 0.05) is 4.90 Å². The molecule has 0 aliphatic rings. The summed E-state index contributed by atoms with van der Waals surface area (Å²) in [6.45, 7) is 2.63. The molecule has 0 aliphatic heterocycles. The molecule has 4 nitrogen and oxygen atoms in total. The molecule has 0 aromatic heterocycles. The quantitative estimate of drug-likeness (QED) is 0.604. The lowest BCUT2D eigenvalue weighted by atomic mass is 10.2. The van der Waals surface area contributed by atoms with Gasteiger partial charge >= 0.3 is 0 Å². The van der Waals surface area contributed by atoms with Crippen LogP contribution < -0.4 is 0 Å². The summed E-state index contributed by atoms with van der Waals surface area (Å²) in [6, 6.07) is 17.0. The van der Waals surface area contributed by atoms with Crippen LogP contribution in [0.4, 0.5) is 0 Å². The van der Waals surface area contributed by atoms with Gasteiger partial charge < -0.3 is 14.9 Å². The molecule has 0 amide bonds. The highest BCUT2D eigenvalue weighted by Gasteiger charge is 2.26. The molecule has 0 bridgehead atoms. The number of hydrogen-bond donors (Lipinski definition) is 2. The van der Waals surface area contributed by atoms with Crippen molar-refractivity contribution in [2.45, 2.75) is 35.5 Å². The largest absolute Gasteiger partial charge is 0.389 e. The van der Waals surface area contributed by atoms with Crippen LogP contribution in [0.3, 0.4) is 0 Å². The highest BCUT2D eigenvalue weighted by Crippen LogP contribution is 2.15. The van der Waals surface area contributed by atoms with Crippen molar-refractivity contribution in [2.75, 3.05) is 12.4 Å². The lowest BCUT2D eigenvalue weighted by molar-refractivity contribution is 0.0107. The fourth-order valence-corrected chi connectivity index (χ4v) is 3.92. The number of hydrogen-bond acceptors (Lipinski definition) is 4. The van der Waals surface area contributed by atoms with Crippen molar-refractivity contribution in [3.05, 3.63) is 65.7 Å². The number of halogens is 1. The second-order valence-corrected chi connectivity index (χ2v) is 8.57. The van der Waals surface area contributed by atoms with E-state index in [-0.39, 0.29) is 12.4 Å². The van der Waals surface area contributed by atoms with Crippen LogP contribution in [0.25, 0.3) is 0 Å². The van der Waals surface area contributed by atoms with Crippen LogP contribution in [-0.2, 0) is 22.1 Å². The maximum atomic E-state index is 12.3. The van der Waals surface area contributed by atoms with Gasteiger partial charge in [-0.25, -0.2) is 0 Å². The Bertz CT molecular complexity index is 663. The van der Waals surface area contributed by atoms with Gasteiger partial charge in [-0.2, -0.15) is 0 Å². The Balaban J connectivity index is 1.78. The van der Waals surface area contributed by atoms with Crippen LogP contribution in [0.1, 0.15) is 11.1 Å². The van der Waals surface area contributed by atoms with Crippen LogP contribution in [0, 0.1) is 6.92 Å². The molecular weight excluding hydrogens is 404 g/mol. The summed E-state index contributed by atoms with van der Waals surface area (Å²) in [6.07, 6.45) is -2.17. The smallest absolute Gasteiger partial charge is 0.0955 e. The third kappa shape index (κ3) is 6.64. The minimum absolute atomic E-state index is 0.0228. The van der Waals surface area contributed by atoms with E-state index in [4.69, 9.17) is 4.74 Å². The monoisotopic (exact) mass is 426 g/mol. The maximum Gasteiger partial charge on any atom is 0.0955 e. The number of ether oxygens (including phenoxy) is 1. The molecule has 6 heteroatoms. The third-order valence-electron chi connectivity index (χ3n) is 3.76. The zero-order valence-electron chi connectivity index (χ0n) is 14.0. The predicted octanol–water partition coefficient (Wildman–Crippen LogP) is 2.80. The Morgan fingerprint density at radius 2 is 1.72 bits per heavy atom. The first-order chi connectivity index (χ1) is 12.0. The van der Waals surface area contributed by atoms with E-state index in [0.29, 0.717) is 11.5 Å². The predicted molar refractivity (Wildman–Crippen MR) is 103 cm³/mol. The van der Waals surface area contributed by atoms with E-state index in [1.807, 2.05) is 49.4 Å². The lowest BCUT2D eigenvalue weighted by Crippen LogP contribution is -2.39. The van der Waals surface area contributed by atoms with Gasteiger partial charge in [-0.05, 0) is 24.6 Å². The summed E-state index contributed by atoms with van der Waals surface area (Å²) >= 11 is 3.34. The molecule has 0 fully saturated rings. The van der Waals surface area contributed by atoms with E-state index in [0.717, 1.165) is 11.1 Å². The Labute approximate surface area is 159 Å². The van der Waals surface area contributed by atoms with E-state index in [1.165, 1.54) is 0 Å². The Kier molecular flexibility index (Phi) is 8.26. The summed E-state index contributed by atoms with van der Waals surface area (Å²) in [5.74, 6) is -0.0228. The van der Waals surface area contributed by atoms with E-state index in [2.05, 4.69) is 15.9 Å². The minimum Gasteiger partial charge on any atom is -0.389 e. The van der Waals surface area contributed by atoms with E-state index >= 15 is 0 Å². The average Bonchev–Trinajstić information content (AvgIpc) is 2.62. The van der Waals surface area contributed by atoms with Crippen molar-refractivity contribution in [3.63, 3.8) is 0 Å². The van der Waals surface area contributed by atoms with Crippen LogP contribution in [0.2, 0.25) is 0 Å². The van der Waals surface area contributed by atoms with Crippen molar-refractivity contribution < 1.29 is 19.2 Å². The molecule has 0 saturated heterocycles. The van der Waals surface area contributed by atoms with E-state index < -0.39 is 27.8 Å². The van der Waals surface area contributed by atoms with Gasteiger partial charge in [0.1, 0.15) is 0 Å². The van der Waals surface area contributed by atoms with Crippen LogP contribution in [0.5, 0.6) is 0 Å². The summed E-state index contributed by atoms with van der Waals surface area (Å²) in [7, 11) is -1.37. The number of aliphatic hydroxyl groups excluding tert-OH is 2.